The van der Waals surface area contributed by atoms with Gasteiger partial charge in [0.1, 0.15) is 23.1 Å². The smallest absolute Gasteiger partial charge is 0.264 e. The molecule has 194 valence electrons. The van der Waals surface area contributed by atoms with Crippen molar-refractivity contribution in [1.29, 1.82) is 0 Å². The van der Waals surface area contributed by atoms with Crippen molar-refractivity contribution in [1.82, 2.24) is 19.9 Å². The van der Waals surface area contributed by atoms with E-state index in [9.17, 15) is 8.42 Å². The minimum absolute atomic E-state index is 0.0696. The zero-order valence-corrected chi connectivity index (χ0v) is 23.1. The highest BCUT2D eigenvalue weighted by atomic mass is 35.5. The Balaban J connectivity index is 1.48. The highest BCUT2D eigenvalue weighted by Gasteiger charge is 2.42. The van der Waals surface area contributed by atoms with E-state index in [1.54, 1.807) is 13.0 Å². The fraction of sp³-hybridized carbons (Fsp3) is 0.480. The number of aryl methyl sites for hydroxylation is 1. The number of sulfonamides is 1. The molecular weight excluding hydrogens is 521 g/mol. The molecule has 1 N–H and O–H groups in total. The molecule has 2 aromatic rings. The van der Waals surface area contributed by atoms with Crippen LogP contribution in [0.25, 0.3) is 0 Å². The van der Waals surface area contributed by atoms with Crippen LogP contribution in [0.15, 0.2) is 57.8 Å². The molecule has 0 radical (unpaired) electrons. The van der Waals surface area contributed by atoms with E-state index in [1.807, 2.05) is 6.08 Å². The Kier molecular flexibility index (Phi) is 7.95. The highest BCUT2D eigenvalue weighted by Crippen LogP contribution is 2.48. The summed E-state index contributed by atoms with van der Waals surface area (Å²) in [6.07, 6.45) is 10.1. The molecule has 1 fully saturated rings. The third-order valence-corrected chi connectivity index (χ3v) is 9.01. The van der Waals surface area contributed by atoms with Crippen LogP contribution in [0.2, 0.25) is 0 Å². The number of halogens is 2. The molecule has 2 heterocycles. The Hall–Kier alpha value is -2.20. The molecule has 1 saturated carbocycles. The monoisotopic (exact) mass is 551 g/mol. The second-order valence-corrected chi connectivity index (χ2v) is 12.5. The maximum Gasteiger partial charge on any atom is 0.264 e. The van der Waals surface area contributed by atoms with Crippen LogP contribution in [0.5, 0.6) is 5.88 Å². The third kappa shape index (κ3) is 6.02. The number of hydrogen-bond acceptors (Lipinski definition) is 7. The van der Waals surface area contributed by atoms with Gasteiger partial charge in [0.05, 0.1) is 5.69 Å². The maximum absolute atomic E-state index is 12.8. The minimum atomic E-state index is -3.85. The van der Waals surface area contributed by atoms with Crippen molar-refractivity contribution >= 4 is 39.0 Å². The van der Waals surface area contributed by atoms with Crippen LogP contribution in [0.1, 0.15) is 38.3 Å². The van der Waals surface area contributed by atoms with Crippen LogP contribution < -0.4 is 9.46 Å². The van der Waals surface area contributed by atoms with Crippen molar-refractivity contribution in [3.63, 3.8) is 0 Å². The summed E-state index contributed by atoms with van der Waals surface area (Å²) in [6, 6.07) is 4.76. The lowest BCUT2D eigenvalue weighted by atomic mass is 9.65. The summed E-state index contributed by atoms with van der Waals surface area (Å²) in [6.45, 7) is 3.88. The first-order valence-corrected chi connectivity index (χ1v) is 14.0. The van der Waals surface area contributed by atoms with Gasteiger partial charge in [0.25, 0.3) is 10.0 Å². The van der Waals surface area contributed by atoms with E-state index in [2.05, 4.69) is 51.7 Å². The molecular formula is C25H31Cl2N5O3S. The average molecular weight is 553 g/mol. The van der Waals surface area contributed by atoms with Gasteiger partial charge in [0.15, 0.2) is 0 Å². The topological polar surface area (TPSA) is 97.3 Å². The van der Waals surface area contributed by atoms with Gasteiger partial charge in [0, 0.05) is 28.4 Å². The Morgan fingerprint density at radius 2 is 1.97 bits per heavy atom. The third-order valence-electron chi connectivity index (χ3n) is 7.06. The van der Waals surface area contributed by atoms with Crippen LogP contribution >= 0.6 is 23.2 Å². The number of likely N-dealkylation sites (N-methyl/N-ethyl adjacent to an activating group) is 1. The summed E-state index contributed by atoms with van der Waals surface area (Å²) in [5, 5.41) is 1.48. The fourth-order valence-electron chi connectivity index (χ4n) is 5.21. The Labute approximate surface area is 222 Å². The normalized spacial score (nSPS) is 26.8. The molecule has 0 amide bonds. The van der Waals surface area contributed by atoms with Gasteiger partial charge in [-0.25, -0.2) is 23.4 Å². The summed E-state index contributed by atoms with van der Waals surface area (Å²) in [5.41, 5.74) is 0.240. The van der Waals surface area contributed by atoms with Crippen LogP contribution in [-0.4, -0.2) is 54.5 Å². The average Bonchev–Trinajstić information content (AvgIpc) is 2.78. The molecule has 0 spiro atoms. The van der Waals surface area contributed by atoms with E-state index in [4.69, 9.17) is 27.9 Å². The predicted octanol–water partition coefficient (Wildman–Crippen LogP) is 5.11. The molecule has 0 saturated heterocycles. The van der Waals surface area contributed by atoms with E-state index >= 15 is 0 Å². The first-order chi connectivity index (χ1) is 17.0. The van der Waals surface area contributed by atoms with Gasteiger partial charge in [-0.05, 0) is 76.2 Å². The van der Waals surface area contributed by atoms with Crippen LogP contribution in [0.4, 0.5) is 5.82 Å². The van der Waals surface area contributed by atoms with Crippen LogP contribution in [-0.2, 0) is 10.0 Å². The zero-order valence-electron chi connectivity index (χ0n) is 20.8. The Bertz CT molecular complexity index is 1270. The lowest BCUT2D eigenvalue weighted by Gasteiger charge is -2.46. The van der Waals surface area contributed by atoms with Crippen molar-refractivity contribution in [3.05, 3.63) is 58.6 Å². The fourth-order valence-corrected chi connectivity index (χ4v) is 7.24. The van der Waals surface area contributed by atoms with E-state index < -0.39 is 10.0 Å². The van der Waals surface area contributed by atoms with Gasteiger partial charge in [0.2, 0.25) is 5.88 Å². The van der Waals surface area contributed by atoms with E-state index in [0.29, 0.717) is 22.5 Å². The van der Waals surface area contributed by atoms with Crippen molar-refractivity contribution < 1.29 is 13.2 Å². The molecule has 0 aliphatic heterocycles. The molecule has 4 atom stereocenters. The number of pyridine rings is 1. The number of rotatable bonds is 7. The number of nitrogens with zero attached hydrogens (tertiary/aromatic N) is 4. The first kappa shape index (κ1) is 26.9. The second kappa shape index (κ2) is 10.7. The first-order valence-electron chi connectivity index (χ1n) is 11.8. The van der Waals surface area contributed by atoms with Gasteiger partial charge < -0.3 is 9.64 Å². The molecule has 0 bridgehead atoms. The number of nitrogens with one attached hydrogen (secondary N) is 1. The van der Waals surface area contributed by atoms with E-state index in [1.165, 1.54) is 24.7 Å². The van der Waals surface area contributed by atoms with Crippen molar-refractivity contribution in [2.24, 2.45) is 11.3 Å². The van der Waals surface area contributed by atoms with Crippen molar-refractivity contribution in [2.45, 2.75) is 56.6 Å². The van der Waals surface area contributed by atoms with Gasteiger partial charge in [-0.15, -0.1) is 0 Å². The largest absolute Gasteiger partial charge is 0.473 e. The maximum atomic E-state index is 12.8. The molecule has 0 aromatic carbocycles. The van der Waals surface area contributed by atoms with Gasteiger partial charge in [-0.2, -0.15) is 0 Å². The summed E-state index contributed by atoms with van der Waals surface area (Å²) in [4.78, 5) is 14.4. The van der Waals surface area contributed by atoms with Gasteiger partial charge in [-0.3, -0.25) is 4.72 Å². The molecule has 36 heavy (non-hydrogen) atoms. The molecule has 4 rings (SSSR count). The van der Waals surface area contributed by atoms with Crippen molar-refractivity contribution in [3.8, 4) is 5.88 Å². The summed E-state index contributed by atoms with van der Waals surface area (Å²) < 4.78 is 34.5. The highest BCUT2D eigenvalue weighted by molar-refractivity contribution is 7.92. The lowest BCUT2D eigenvalue weighted by molar-refractivity contribution is 0.0151. The standard InChI is InChI=1S/C25H31Cl2N5O3S/c1-16-22(36(33,34)31-23-9-10-28-15-29-23)7-8-24(30-16)35-21-6-5-17(11-20(21)32(3)4)25(2)13-18(26)12-19(27)14-25/h7-10,12-13,15,17,20-21H,5-6,11,14H2,1-4H3,(H,28,29,31)/t17-,20-,21-,25?/m0/s1. The molecule has 2 aromatic heterocycles. The SMILES string of the molecule is Cc1nc(O[C@H]2CC[C@H](C3(C)C=C(Cl)C=C(Cl)C3)C[C@@H]2N(C)C)ccc1S(=O)(=O)Nc1ccncn1. The van der Waals surface area contributed by atoms with Crippen LogP contribution in [0, 0.1) is 18.3 Å². The molecule has 8 nitrogen and oxygen atoms in total. The summed E-state index contributed by atoms with van der Waals surface area (Å²) in [5.74, 6) is 0.993. The molecule has 2 aliphatic rings. The van der Waals surface area contributed by atoms with Crippen LogP contribution in [0.3, 0.4) is 0 Å². The molecule has 11 heteroatoms. The van der Waals surface area contributed by atoms with Crippen molar-refractivity contribution in [2.75, 3.05) is 18.8 Å². The quantitative estimate of drug-likeness (QED) is 0.510. The number of allylic oxidation sites excluding steroid dienone is 4. The van der Waals surface area contributed by atoms with E-state index in [0.717, 1.165) is 30.7 Å². The predicted molar refractivity (Wildman–Crippen MR) is 142 cm³/mol. The van der Waals surface area contributed by atoms with Gasteiger partial charge >= 0.3 is 0 Å². The molecule has 1 unspecified atom stereocenters. The number of hydrogen-bond donors (Lipinski definition) is 1. The zero-order chi connectivity index (χ0) is 26.1. The Morgan fingerprint density at radius 3 is 2.61 bits per heavy atom. The number of anilines is 1. The summed E-state index contributed by atoms with van der Waals surface area (Å²) >= 11 is 12.8. The Morgan fingerprint density at radius 1 is 1.19 bits per heavy atom. The number of aromatic nitrogens is 3. The number of ether oxygens (including phenoxy) is 1. The minimum Gasteiger partial charge on any atom is -0.473 e. The summed E-state index contributed by atoms with van der Waals surface area (Å²) in [7, 11) is 0.250. The second-order valence-electron chi connectivity index (χ2n) is 9.93. The van der Waals surface area contributed by atoms with E-state index in [-0.39, 0.29) is 28.3 Å². The van der Waals surface area contributed by atoms with Gasteiger partial charge in [-0.1, -0.05) is 36.2 Å². The molecule has 2 aliphatic carbocycles. The lowest BCUT2D eigenvalue weighted by Crippen LogP contribution is -2.49.